The van der Waals surface area contributed by atoms with Crippen molar-refractivity contribution in [3.05, 3.63) is 20.8 Å². The third kappa shape index (κ3) is 4.45. The van der Waals surface area contributed by atoms with E-state index in [2.05, 4.69) is 15.9 Å². The van der Waals surface area contributed by atoms with Crippen LogP contribution in [-0.4, -0.2) is 24.0 Å². The fraction of sp³-hybridized carbons (Fsp3) is 0.643. The van der Waals surface area contributed by atoms with E-state index in [1.54, 1.807) is 23.3 Å². The topological polar surface area (TPSA) is 20.3 Å². The summed E-state index contributed by atoms with van der Waals surface area (Å²) in [6.45, 7) is 0.500. The van der Waals surface area contributed by atoms with Gasteiger partial charge in [0.25, 0.3) is 0 Å². The molecule has 0 radical (unpaired) electrons. The van der Waals surface area contributed by atoms with Gasteiger partial charge in [-0.15, -0.1) is 11.3 Å². The maximum atomic E-state index is 12.6. The van der Waals surface area contributed by atoms with Crippen molar-refractivity contribution in [1.82, 2.24) is 4.90 Å². The average molecular weight is 384 g/mol. The molecule has 0 aliphatic heterocycles. The molecular formula is C14H17BrF3NOS. The van der Waals surface area contributed by atoms with Gasteiger partial charge in [0.15, 0.2) is 0 Å². The number of carbonyl (C=O) groups is 1. The summed E-state index contributed by atoms with van der Waals surface area (Å²) in [7, 11) is 1.71. The van der Waals surface area contributed by atoms with Crippen molar-refractivity contribution in [2.24, 2.45) is 11.8 Å². The Morgan fingerprint density at radius 1 is 1.38 bits per heavy atom. The molecule has 2 nitrogen and oxygen atoms in total. The van der Waals surface area contributed by atoms with E-state index in [-0.39, 0.29) is 24.7 Å². The minimum absolute atomic E-state index is 0.0436. The lowest BCUT2D eigenvalue weighted by Gasteiger charge is -2.31. The van der Waals surface area contributed by atoms with Crippen LogP contribution in [0.4, 0.5) is 13.2 Å². The molecule has 1 aliphatic carbocycles. The number of alkyl halides is 3. The Balaban J connectivity index is 1.86. The molecule has 118 valence electrons. The van der Waals surface area contributed by atoms with E-state index >= 15 is 0 Å². The standard InChI is InChI=1S/C14H17BrF3NOS/c1-19(7-9-6-12(15)21-8-9)13(20)10-2-4-11(5-3-10)14(16,17)18/h6,8,10-11H,2-5,7H2,1H3. The smallest absolute Gasteiger partial charge is 0.341 e. The van der Waals surface area contributed by atoms with Gasteiger partial charge in [0.2, 0.25) is 5.91 Å². The molecule has 1 aromatic rings. The van der Waals surface area contributed by atoms with Crippen LogP contribution < -0.4 is 0 Å². The summed E-state index contributed by atoms with van der Waals surface area (Å²) < 4.78 is 38.9. The summed E-state index contributed by atoms with van der Waals surface area (Å²) in [6.07, 6.45) is -3.32. The van der Waals surface area contributed by atoms with Gasteiger partial charge in [-0.25, -0.2) is 0 Å². The van der Waals surface area contributed by atoms with Crippen LogP contribution in [0.3, 0.4) is 0 Å². The van der Waals surface area contributed by atoms with Gasteiger partial charge in [-0.2, -0.15) is 13.2 Å². The molecule has 0 spiro atoms. The molecule has 1 saturated carbocycles. The van der Waals surface area contributed by atoms with Crippen molar-refractivity contribution in [3.63, 3.8) is 0 Å². The van der Waals surface area contributed by atoms with Crippen LogP contribution in [0.2, 0.25) is 0 Å². The van der Waals surface area contributed by atoms with Gasteiger partial charge in [0, 0.05) is 19.5 Å². The van der Waals surface area contributed by atoms with E-state index in [4.69, 9.17) is 0 Å². The first kappa shape index (κ1) is 16.8. The van der Waals surface area contributed by atoms with E-state index in [0.29, 0.717) is 19.4 Å². The minimum Gasteiger partial charge on any atom is -0.341 e. The van der Waals surface area contributed by atoms with Gasteiger partial charge in [-0.1, -0.05) is 0 Å². The van der Waals surface area contributed by atoms with E-state index in [9.17, 15) is 18.0 Å². The predicted molar refractivity (Wildman–Crippen MR) is 80.0 cm³/mol. The van der Waals surface area contributed by atoms with E-state index in [0.717, 1.165) is 9.35 Å². The Morgan fingerprint density at radius 3 is 2.48 bits per heavy atom. The van der Waals surface area contributed by atoms with Crippen LogP contribution in [-0.2, 0) is 11.3 Å². The predicted octanol–water partition coefficient (Wildman–Crippen LogP) is 4.84. The SMILES string of the molecule is CN(Cc1csc(Br)c1)C(=O)C1CCC(C(F)(F)F)CC1. The van der Waals surface area contributed by atoms with Crippen molar-refractivity contribution in [2.45, 2.75) is 38.4 Å². The van der Waals surface area contributed by atoms with Crippen LogP contribution in [0.1, 0.15) is 31.2 Å². The van der Waals surface area contributed by atoms with Gasteiger partial charge in [-0.05, 0) is 58.6 Å². The Hall–Kier alpha value is -0.560. The van der Waals surface area contributed by atoms with Crippen molar-refractivity contribution >= 4 is 33.2 Å². The van der Waals surface area contributed by atoms with Crippen LogP contribution in [0.5, 0.6) is 0 Å². The molecular weight excluding hydrogens is 367 g/mol. The number of amides is 1. The fourth-order valence-corrected chi connectivity index (χ4v) is 3.96. The molecule has 1 heterocycles. The second kappa shape index (κ2) is 6.69. The lowest BCUT2D eigenvalue weighted by Crippen LogP contribution is -2.36. The van der Waals surface area contributed by atoms with Crippen LogP contribution in [0, 0.1) is 11.8 Å². The first-order valence-electron chi connectivity index (χ1n) is 6.82. The van der Waals surface area contributed by atoms with Crippen LogP contribution in [0.25, 0.3) is 0 Å². The summed E-state index contributed by atoms with van der Waals surface area (Å²) in [5.74, 6) is -1.55. The molecule has 1 aliphatic rings. The Labute approximate surface area is 134 Å². The van der Waals surface area contributed by atoms with Gasteiger partial charge in [-0.3, -0.25) is 4.79 Å². The first-order chi connectivity index (χ1) is 9.77. The second-order valence-electron chi connectivity index (χ2n) is 5.54. The van der Waals surface area contributed by atoms with Crippen LogP contribution >= 0.6 is 27.3 Å². The van der Waals surface area contributed by atoms with Crippen molar-refractivity contribution < 1.29 is 18.0 Å². The molecule has 0 aromatic carbocycles. The zero-order chi connectivity index (χ0) is 15.6. The highest BCUT2D eigenvalue weighted by molar-refractivity contribution is 9.11. The number of thiophene rings is 1. The van der Waals surface area contributed by atoms with Crippen molar-refractivity contribution in [1.29, 1.82) is 0 Å². The number of hydrogen-bond donors (Lipinski definition) is 0. The Bertz CT molecular complexity index is 495. The highest BCUT2D eigenvalue weighted by Crippen LogP contribution is 2.40. The van der Waals surface area contributed by atoms with Gasteiger partial charge in [0.1, 0.15) is 0 Å². The molecule has 0 atom stereocenters. The van der Waals surface area contributed by atoms with Gasteiger partial charge >= 0.3 is 6.18 Å². The molecule has 7 heteroatoms. The molecule has 0 bridgehead atoms. The Kier molecular flexibility index (Phi) is 5.35. The zero-order valence-electron chi connectivity index (χ0n) is 11.6. The van der Waals surface area contributed by atoms with Crippen molar-refractivity contribution in [3.8, 4) is 0 Å². The van der Waals surface area contributed by atoms with E-state index < -0.39 is 12.1 Å². The highest BCUT2D eigenvalue weighted by atomic mass is 79.9. The molecule has 1 aromatic heterocycles. The maximum Gasteiger partial charge on any atom is 0.391 e. The normalized spacial score (nSPS) is 23.1. The molecule has 0 unspecified atom stereocenters. The number of nitrogens with zero attached hydrogens (tertiary/aromatic N) is 1. The van der Waals surface area contributed by atoms with Gasteiger partial charge < -0.3 is 4.90 Å². The second-order valence-corrected chi connectivity index (χ2v) is 7.83. The third-order valence-corrected chi connectivity index (χ3v) is 5.51. The highest BCUT2D eigenvalue weighted by Gasteiger charge is 2.42. The number of hydrogen-bond acceptors (Lipinski definition) is 2. The lowest BCUT2D eigenvalue weighted by molar-refractivity contribution is -0.185. The quantitative estimate of drug-likeness (QED) is 0.731. The maximum absolute atomic E-state index is 12.6. The molecule has 2 rings (SSSR count). The molecule has 0 saturated heterocycles. The number of carbonyl (C=O) groups excluding carboxylic acids is 1. The summed E-state index contributed by atoms with van der Waals surface area (Å²) in [5.41, 5.74) is 1.03. The Morgan fingerprint density at radius 2 is 2.00 bits per heavy atom. The fourth-order valence-electron chi connectivity index (χ4n) is 2.76. The molecule has 1 amide bonds. The minimum atomic E-state index is -4.12. The molecule has 1 fully saturated rings. The average Bonchev–Trinajstić information content (AvgIpc) is 2.82. The van der Waals surface area contributed by atoms with Gasteiger partial charge in [0.05, 0.1) is 9.70 Å². The first-order valence-corrected chi connectivity index (χ1v) is 8.49. The monoisotopic (exact) mass is 383 g/mol. The molecule has 0 N–H and O–H groups in total. The van der Waals surface area contributed by atoms with E-state index in [1.165, 1.54) is 0 Å². The summed E-state index contributed by atoms with van der Waals surface area (Å²) in [4.78, 5) is 13.9. The summed E-state index contributed by atoms with van der Waals surface area (Å²) in [6, 6.07) is 1.95. The number of rotatable bonds is 3. The molecule has 21 heavy (non-hydrogen) atoms. The lowest BCUT2D eigenvalue weighted by atomic mass is 9.81. The third-order valence-electron chi connectivity index (χ3n) is 3.96. The summed E-state index contributed by atoms with van der Waals surface area (Å²) in [5, 5.41) is 1.97. The van der Waals surface area contributed by atoms with Crippen LogP contribution in [0.15, 0.2) is 15.2 Å². The van der Waals surface area contributed by atoms with Crippen molar-refractivity contribution in [2.75, 3.05) is 7.05 Å². The number of halogens is 4. The summed E-state index contributed by atoms with van der Waals surface area (Å²) >= 11 is 4.92. The zero-order valence-corrected chi connectivity index (χ0v) is 14.0. The van der Waals surface area contributed by atoms with E-state index in [1.807, 2.05) is 11.4 Å². The largest absolute Gasteiger partial charge is 0.391 e.